The van der Waals surface area contributed by atoms with E-state index in [1.54, 1.807) is 88.6 Å². The maximum Gasteiger partial charge on any atom is 0.246 e. The number of hydrogen-bond acceptors (Lipinski definition) is 21. The van der Waals surface area contributed by atoms with Gasteiger partial charge in [-0.3, -0.25) is 91.1 Å². The van der Waals surface area contributed by atoms with Crippen molar-refractivity contribution in [3.05, 3.63) is 102 Å². The van der Waals surface area contributed by atoms with Crippen molar-refractivity contribution in [3.63, 3.8) is 0 Å². The number of phenols is 1. The molecule has 0 saturated carbocycles. The molecule has 1 unspecified atom stereocenters. The Morgan fingerprint density at radius 2 is 0.871 bits per heavy atom. The molecule has 19 amide bonds. The van der Waals surface area contributed by atoms with Crippen LogP contribution in [0.25, 0.3) is 21.8 Å². The van der Waals surface area contributed by atoms with E-state index in [9.17, 15) is 62.6 Å². The molecule has 132 heavy (non-hydrogen) atoms. The van der Waals surface area contributed by atoms with Crippen LogP contribution in [0.1, 0.15) is 161 Å². The van der Waals surface area contributed by atoms with E-state index in [4.69, 9.17) is 22.9 Å². The third-order valence-electron chi connectivity index (χ3n) is 23.8. The average Bonchev–Trinajstić information content (AvgIpc) is 1.62. The first-order valence-corrected chi connectivity index (χ1v) is 44.7. The summed E-state index contributed by atoms with van der Waals surface area (Å²) >= 11 is 0. The van der Waals surface area contributed by atoms with Gasteiger partial charge in [0.25, 0.3) is 0 Å². The van der Waals surface area contributed by atoms with Crippen molar-refractivity contribution in [1.82, 2.24) is 93.0 Å². The largest absolute Gasteiger partial charge is 0.508 e. The Balaban J connectivity index is 1.20. The first kappa shape index (κ1) is 104. The molecule has 0 spiro atoms. The number of nitrogens with two attached hydrogens (primary N) is 4. The highest BCUT2D eigenvalue weighted by Crippen LogP contribution is 2.28. The lowest BCUT2D eigenvalue weighted by molar-refractivity contribution is -0.149. The van der Waals surface area contributed by atoms with Crippen LogP contribution in [0.4, 0.5) is 0 Å². The number of primary amides is 4. The van der Waals surface area contributed by atoms with E-state index in [0.717, 1.165) is 14.7 Å². The number of aromatic amines is 2. The molecular formula is C90H128N22O20. The number of unbranched alkanes of at least 4 members (excludes halogenated alkanes) is 2. The number of benzene rings is 3. The lowest BCUT2D eigenvalue weighted by atomic mass is 9.99. The van der Waals surface area contributed by atoms with Crippen LogP contribution in [-0.4, -0.2) is 290 Å². The molecule has 42 heteroatoms. The highest BCUT2D eigenvalue weighted by atomic mass is 16.3. The number of likely N-dealkylation sites (N-methyl/N-ethyl adjacent to an activating group) is 3. The van der Waals surface area contributed by atoms with E-state index in [0.29, 0.717) is 64.2 Å². The van der Waals surface area contributed by atoms with Crippen LogP contribution in [0, 0.1) is 11.8 Å². The molecule has 3 aliphatic heterocycles. The second-order valence-electron chi connectivity index (χ2n) is 34.9. The van der Waals surface area contributed by atoms with Crippen LogP contribution < -0.4 is 81.4 Å². The first-order chi connectivity index (χ1) is 62.6. The predicted octanol–water partition coefficient (Wildman–Crippen LogP) is -2.47. The van der Waals surface area contributed by atoms with E-state index in [1.807, 2.05) is 13.8 Å². The van der Waals surface area contributed by atoms with Crippen molar-refractivity contribution in [1.29, 1.82) is 0 Å². The molecule has 5 heterocycles. The number of hydrogen-bond donors (Lipinski definition) is 18. The summed E-state index contributed by atoms with van der Waals surface area (Å²) in [5.41, 5.74) is 25.3. The summed E-state index contributed by atoms with van der Waals surface area (Å²) in [6.07, 6.45) is 1.60. The molecule has 8 rings (SSSR count). The third kappa shape index (κ3) is 29.0. The smallest absolute Gasteiger partial charge is 0.246 e. The van der Waals surface area contributed by atoms with Gasteiger partial charge in [0.2, 0.25) is 112 Å². The zero-order chi connectivity index (χ0) is 97.1. The molecule has 718 valence electrons. The minimum atomic E-state index is -1.89. The number of nitrogens with zero attached hydrogens (tertiary/aromatic N) is 5. The summed E-state index contributed by atoms with van der Waals surface area (Å²) in [7, 11) is 3.91. The number of nitrogens with one attached hydrogen (secondary N) is 13. The molecule has 0 aliphatic carbocycles. The Bertz CT molecular complexity index is 5020. The number of phenolic OH excluding ortho intramolecular Hbond substituents is 1. The molecule has 0 radical (unpaired) electrons. The minimum absolute atomic E-state index is 0.00183. The van der Waals surface area contributed by atoms with Crippen LogP contribution in [0.3, 0.4) is 0 Å². The summed E-state index contributed by atoms with van der Waals surface area (Å²) in [6, 6.07) is -2.32. The number of H-pyrrole nitrogens is 2. The van der Waals surface area contributed by atoms with Gasteiger partial charge in [-0.2, -0.15) is 0 Å². The second kappa shape index (κ2) is 48.9. The summed E-state index contributed by atoms with van der Waals surface area (Å²) in [5, 5.41) is 40.3. The van der Waals surface area contributed by atoms with Gasteiger partial charge in [0.15, 0.2) is 0 Å². The molecule has 3 saturated heterocycles. The fraction of sp³-hybridized carbons (Fsp3) is 0.544. The van der Waals surface area contributed by atoms with Crippen molar-refractivity contribution < 1.29 is 96.2 Å². The van der Waals surface area contributed by atoms with E-state index >= 15 is 33.6 Å². The number of amides is 19. The van der Waals surface area contributed by atoms with Gasteiger partial charge in [-0.25, -0.2) is 0 Å². The molecule has 2 aromatic heterocycles. The van der Waals surface area contributed by atoms with Crippen molar-refractivity contribution in [3.8, 4) is 5.75 Å². The third-order valence-corrected chi connectivity index (χ3v) is 23.8. The number of carbonyl (C=O) groups excluding carboxylic acids is 19. The molecule has 3 fully saturated rings. The molecule has 3 aliphatic rings. The normalized spacial score (nSPS) is 24.5. The average molecular weight is 1840 g/mol. The minimum Gasteiger partial charge on any atom is -0.508 e. The van der Waals surface area contributed by atoms with Gasteiger partial charge in [0.1, 0.15) is 90.3 Å². The fourth-order valence-corrected chi connectivity index (χ4v) is 16.6. The standard InChI is InChI=1S/C90H128N22O20/c1-11-13-25-68-83(125)101-59(35-48(3)4)79(121)107-67(78(120)98-46-75(94)117)45-95-47-76(118)99-64(37-51-29-31-54(113)32-30-51)86(128)108(8)50(7)77(119)104-66(42-74(93)116)89(131)112-34-20-28-70(112)85(127)103-62(41-73(92)115)82(124)105-63(36-49(5)6)88(130)111-33-19-27-69(111)84(126)102-60(38-52-43-96-57-23-17-15-21-55(52)57)80(122)100-61(40-72(91)114)81(123)106-65(39-53-44-97-58-24-18-16-22-56(53)58)87(129)110(10)71(26-14-12-2)90(132)109(68)9/h15-18,21-24,29-32,43-44,48-50,59-71,95-97,113H,11-14,19-20,25-28,33-42,45-47H2,1-10H3,(H2,91,114)(H2,92,115)(H2,93,116)(H2,94,117)(H,98,120)(H,99,118)(H,100,122)(H,101,125)(H,102,126)(H,103,127)(H,104,119)(H,105,124)(H,106,123)(H,107,121)/t50-,59?,60-,61-,62-,63-,64-,65-,66-,67-,68-,69-,70-,71-/m0/s1. The molecule has 0 bridgehead atoms. The van der Waals surface area contributed by atoms with E-state index in [2.05, 4.69) is 68.5 Å². The van der Waals surface area contributed by atoms with E-state index in [1.165, 1.54) is 62.1 Å². The van der Waals surface area contributed by atoms with Crippen molar-refractivity contribution in [2.24, 2.45) is 34.8 Å². The van der Waals surface area contributed by atoms with E-state index < -0.39 is 236 Å². The van der Waals surface area contributed by atoms with Crippen LogP contribution in [0.2, 0.25) is 0 Å². The molecular weight excluding hydrogens is 1710 g/mol. The number of rotatable bonds is 25. The second-order valence-corrected chi connectivity index (χ2v) is 34.9. The molecule has 5 aromatic rings. The number of aromatic nitrogens is 2. The van der Waals surface area contributed by atoms with Gasteiger partial charge < -0.3 is 121 Å². The van der Waals surface area contributed by atoms with Crippen LogP contribution >= 0.6 is 0 Å². The van der Waals surface area contributed by atoms with Gasteiger partial charge in [0, 0.05) is 94.2 Å². The molecule has 14 atom stereocenters. The maximum atomic E-state index is 15.8. The molecule has 42 nitrogen and oxygen atoms in total. The number of fused-ring (bicyclic) bond motifs is 4. The molecule has 22 N–H and O–H groups in total. The number of aromatic hydroxyl groups is 1. The van der Waals surface area contributed by atoms with Crippen molar-refractivity contribution >= 4 is 134 Å². The van der Waals surface area contributed by atoms with Gasteiger partial charge in [-0.1, -0.05) is 116 Å². The van der Waals surface area contributed by atoms with Gasteiger partial charge in [-0.15, -0.1) is 0 Å². The van der Waals surface area contributed by atoms with Crippen LogP contribution in [0.5, 0.6) is 5.75 Å². The maximum absolute atomic E-state index is 15.8. The lowest BCUT2D eigenvalue weighted by Gasteiger charge is -2.36. The lowest BCUT2D eigenvalue weighted by Crippen LogP contribution is -2.61. The van der Waals surface area contributed by atoms with Crippen molar-refractivity contribution in [2.75, 3.05) is 53.9 Å². The first-order valence-electron chi connectivity index (χ1n) is 44.7. The number of carbonyl (C=O) groups is 19. The van der Waals surface area contributed by atoms with E-state index in [-0.39, 0.29) is 101 Å². The Kier molecular flexibility index (Phi) is 38.5. The monoisotopic (exact) mass is 1840 g/mol. The fourth-order valence-electron chi connectivity index (χ4n) is 16.6. The Morgan fingerprint density at radius 1 is 0.447 bits per heavy atom. The molecule has 3 aromatic carbocycles. The summed E-state index contributed by atoms with van der Waals surface area (Å²) in [5.74, 6) is -19.3. The predicted molar refractivity (Wildman–Crippen MR) is 482 cm³/mol. The van der Waals surface area contributed by atoms with Crippen LogP contribution in [0.15, 0.2) is 85.2 Å². The summed E-state index contributed by atoms with van der Waals surface area (Å²) in [6.45, 7) is 9.69. The van der Waals surface area contributed by atoms with Crippen LogP contribution in [-0.2, 0) is 110 Å². The van der Waals surface area contributed by atoms with Gasteiger partial charge in [0.05, 0.1) is 32.4 Å². The topological polar surface area (TPSA) is 629 Å². The van der Waals surface area contributed by atoms with Crippen molar-refractivity contribution in [2.45, 2.75) is 249 Å². The SMILES string of the molecule is CCCC[C@H]1C(=O)N(C)[C@@H](CCCC)C(=O)NC(CC(C)C)C(=O)N[C@H](C(=O)NCC(N)=O)CNCC(=O)N[C@@H](Cc2ccc(O)cc2)C(=O)N(C)[C@@H](C)C(=O)N[C@@H](CC(N)=O)C(=O)N2CCC[C@H]2C(=O)N[C@@H](CC(N)=O)C(=O)N[C@@H](CC(C)C)C(=O)N2CCC[C@H]2C(=O)N[C@@H](Cc2c[nH]c3ccccc23)C(=O)N[C@@H](CC(N)=O)C(=O)N[C@@H](Cc2c[nH]c3ccccc23)C(=O)N1C. The quantitative estimate of drug-likeness (QED) is 0.0288. The zero-order valence-electron chi connectivity index (χ0n) is 76.3. The Labute approximate surface area is 764 Å². The Morgan fingerprint density at radius 3 is 1.39 bits per heavy atom. The summed E-state index contributed by atoms with van der Waals surface area (Å²) < 4.78 is 0. The highest BCUT2D eigenvalue weighted by Gasteiger charge is 2.46. The van der Waals surface area contributed by atoms with Gasteiger partial charge >= 0.3 is 0 Å². The summed E-state index contributed by atoms with van der Waals surface area (Å²) in [4.78, 5) is 287. The number of para-hydroxylation sites is 2. The zero-order valence-corrected chi connectivity index (χ0v) is 76.3. The Hall–Kier alpha value is -13.6. The highest BCUT2D eigenvalue weighted by molar-refractivity contribution is 6.03. The van der Waals surface area contributed by atoms with Gasteiger partial charge in [-0.05, 0) is 111 Å².